The van der Waals surface area contributed by atoms with Crippen LogP contribution in [-0.4, -0.2) is 24.8 Å². The second-order valence-electron chi connectivity index (χ2n) is 4.99. The molecule has 0 amide bonds. The summed E-state index contributed by atoms with van der Waals surface area (Å²) in [6.07, 6.45) is 4.58. The zero-order valence-corrected chi connectivity index (χ0v) is 9.18. The van der Waals surface area contributed by atoms with E-state index < -0.39 is 0 Å². The molecular weight excluding hydrogens is 162 g/mol. The van der Waals surface area contributed by atoms with Gasteiger partial charge >= 0.3 is 0 Å². The van der Waals surface area contributed by atoms with E-state index in [0.29, 0.717) is 17.6 Å². The highest BCUT2D eigenvalue weighted by atomic mass is 16.5. The summed E-state index contributed by atoms with van der Waals surface area (Å²) in [7, 11) is 2.08. The van der Waals surface area contributed by atoms with Crippen LogP contribution in [0, 0.1) is 5.41 Å². The van der Waals surface area contributed by atoms with E-state index in [4.69, 9.17) is 4.74 Å². The summed E-state index contributed by atoms with van der Waals surface area (Å²) in [4.78, 5) is 0. The Morgan fingerprint density at radius 1 is 1.31 bits per heavy atom. The van der Waals surface area contributed by atoms with E-state index in [0.717, 1.165) is 6.42 Å². The summed E-state index contributed by atoms with van der Waals surface area (Å²) >= 11 is 0. The van der Waals surface area contributed by atoms with Crippen LogP contribution < -0.4 is 5.32 Å². The standard InChI is InChI=1S/C11H21NO/c1-5-11(12-4)9-7-6-8(13-9)10(11,2)3/h8-9,12H,5-7H2,1-4H3/t8-,9+,11-/m1/s1. The molecule has 76 valence electrons. The highest BCUT2D eigenvalue weighted by molar-refractivity contribution is 5.16. The van der Waals surface area contributed by atoms with Gasteiger partial charge in [0.1, 0.15) is 0 Å². The Labute approximate surface area is 81.0 Å². The van der Waals surface area contributed by atoms with Crippen LogP contribution in [0.2, 0.25) is 0 Å². The lowest BCUT2D eigenvalue weighted by Gasteiger charge is -2.46. The molecule has 0 unspecified atom stereocenters. The molecule has 0 aliphatic carbocycles. The van der Waals surface area contributed by atoms with Gasteiger partial charge in [-0.05, 0) is 26.3 Å². The normalized spacial score (nSPS) is 47.1. The van der Waals surface area contributed by atoms with Crippen LogP contribution in [-0.2, 0) is 4.74 Å². The third-order valence-corrected chi connectivity index (χ3v) is 4.53. The van der Waals surface area contributed by atoms with Gasteiger partial charge in [0.05, 0.1) is 17.7 Å². The van der Waals surface area contributed by atoms with Gasteiger partial charge < -0.3 is 10.1 Å². The highest BCUT2D eigenvalue weighted by Gasteiger charge is 2.62. The second kappa shape index (κ2) is 2.71. The van der Waals surface area contributed by atoms with Gasteiger partial charge in [0.2, 0.25) is 0 Å². The van der Waals surface area contributed by atoms with Crippen molar-refractivity contribution < 1.29 is 4.74 Å². The van der Waals surface area contributed by atoms with Crippen LogP contribution in [0.15, 0.2) is 0 Å². The molecule has 2 nitrogen and oxygen atoms in total. The molecule has 2 aliphatic rings. The van der Waals surface area contributed by atoms with Crippen molar-refractivity contribution in [2.45, 2.75) is 57.8 Å². The van der Waals surface area contributed by atoms with Crippen molar-refractivity contribution in [1.29, 1.82) is 0 Å². The smallest absolute Gasteiger partial charge is 0.0767 e. The van der Waals surface area contributed by atoms with E-state index in [1.165, 1.54) is 12.8 Å². The SMILES string of the molecule is CC[C@@]1(NC)[C@@H]2CC[C@@H](O2)C1(C)C. The largest absolute Gasteiger partial charge is 0.372 e. The molecule has 13 heavy (non-hydrogen) atoms. The fraction of sp³-hybridized carbons (Fsp3) is 1.00. The average Bonchev–Trinajstić information content (AvgIpc) is 2.62. The zero-order chi connectivity index (χ0) is 9.69. The Morgan fingerprint density at radius 3 is 2.23 bits per heavy atom. The molecule has 1 N–H and O–H groups in total. The average molecular weight is 183 g/mol. The zero-order valence-electron chi connectivity index (χ0n) is 9.18. The molecule has 2 heteroatoms. The van der Waals surface area contributed by atoms with Gasteiger partial charge in [-0.15, -0.1) is 0 Å². The van der Waals surface area contributed by atoms with Crippen molar-refractivity contribution in [3.63, 3.8) is 0 Å². The summed E-state index contributed by atoms with van der Waals surface area (Å²) in [6, 6.07) is 0. The first-order valence-electron chi connectivity index (χ1n) is 5.43. The van der Waals surface area contributed by atoms with E-state index in [-0.39, 0.29) is 5.54 Å². The topological polar surface area (TPSA) is 21.3 Å². The molecule has 0 spiro atoms. The Balaban J connectivity index is 2.36. The molecule has 0 aromatic heterocycles. The Bertz CT molecular complexity index is 208. The fourth-order valence-corrected chi connectivity index (χ4v) is 3.58. The molecule has 3 atom stereocenters. The van der Waals surface area contributed by atoms with Gasteiger partial charge in [0.25, 0.3) is 0 Å². The lowest BCUT2D eigenvalue weighted by Crippen LogP contribution is -2.60. The second-order valence-corrected chi connectivity index (χ2v) is 4.99. The summed E-state index contributed by atoms with van der Waals surface area (Å²) in [5.41, 5.74) is 0.509. The summed E-state index contributed by atoms with van der Waals surface area (Å²) in [6.45, 7) is 6.95. The summed E-state index contributed by atoms with van der Waals surface area (Å²) in [5, 5.41) is 3.52. The van der Waals surface area contributed by atoms with E-state index in [1.807, 2.05) is 0 Å². The van der Waals surface area contributed by atoms with Crippen LogP contribution in [0.4, 0.5) is 0 Å². The molecule has 0 radical (unpaired) electrons. The molecule has 0 saturated carbocycles. The molecule has 2 rings (SSSR count). The molecule has 0 aromatic carbocycles. The molecule has 2 aliphatic heterocycles. The van der Waals surface area contributed by atoms with Crippen LogP contribution in [0.3, 0.4) is 0 Å². The van der Waals surface area contributed by atoms with Crippen LogP contribution in [0.1, 0.15) is 40.0 Å². The van der Waals surface area contributed by atoms with Gasteiger partial charge in [-0.3, -0.25) is 0 Å². The van der Waals surface area contributed by atoms with E-state index in [2.05, 4.69) is 33.1 Å². The van der Waals surface area contributed by atoms with Gasteiger partial charge in [0.15, 0.2) is 0 Å². The molecule has 2 saturated heterocycles. The Morgan fingerprint density at radius 2 is 1.92 bits per heavy atom. The van der Waals surface area contributed by atoms with Crippen molar-refractivity contribution in [2.75, 3.05) is 7.05 Å². The number of likely N-dealkylation sites (N-methyl/N-ethyl adjacent to an activating group) is 1. The minimum absolute atomic E-state index is 0.218. The first-order chi connectivity index (χ1) is 6.08. The maximum atomic E-state index is 6.02. The Kier molecular flexibility index (Phi) is 1.97. The van der Waals surface area contributed by atoms with E-state index >= 15 is 0 Å². The predicted molar refractivity (Wildman–Crippen MR) is 53.8 cm³/mol. The predicted octanol–water partition coefficient (Wildman–Crippen LogP) is 1.94. The third kappa shape index (κ3) is 0.909. The van der Waals surface area contributed by atoms with E-state index in [1.54, 1.807) is 0 Å². The van der Waals surface area contributed by atoms with Gasteiger partial charge in [0, 0.05) is 5.41 Å². The maximum absolute atomic E-state index is 6.02. The summed E-state index contributed by atoms with van der Waals surface area (Å²) in [5.74, 6) is 0. The lowest BCUT2D eigenvalue weighted by atomic mass is 9.62. The molecular formula is C11H21NO. The molecule has 0 aromatic rings. The monoisotopic (exact) mass is 183 g/mol. The highest BCUT2D eigenvalue weighted by Crippen LogP contribution is 2.55. The number of rotatable bonds is 2. The lowest BCUT2D eigenvalue weighted by molar-refractivity contribution is 0.0731. The number of fused-ring (bicyclic) bond motifs is 2. The van der Waals surface area contributed by atoms with Crippen molar-refractivity contribution in [1.82, 2.24) is 5.32 Å². The van der Waals surface area contributed by atoms with Gasteiger partial charge in [-0.1, -0.05) is 20.8 Å². The number of hydrogen-bond acceptors (Lipinski definition) is 2. The number of hydrogen-bond donors (Lipinski definition) is 1. The number of nitrogens with one attached hydrogen (secondary N) is 1. The maximum Gasteiger partial charge on any atom is 0.0767 e. The van der Waals surface area contributed by atoms with Crippen molar-refractivity contribution in [3.8, 4) is 0 Å². The first kappa shape index (κ1) is 9.47. The quantitative estimate of drug-likeness (QED) is 0.706. The van der Waals surface area contributed by atoms with Crippen molar-refractivity contribution in [2.24, 2.45) is 5.41 Å². The summed E-state index contributed by atoms with van der Waals surface area (Å²) < 4.78 is 6.02. The minimum atomic E-state index is 0.218. The van der Waals surface area contributed by atoms with Crippen LogP contribution in [0.5, 0.6) is 0 Å². The van der Waals surface area contributed by atoms with E-state index in [9.17, 15) is 0 Å². The first-order valence-corrected chi connectivity index (χ1v) is 5.43. The van der Waals surface area contributed by atoms with Crippen LogP contribution >= 0.6 is 0 Å². The molecule has 2 bridgehead atoms. The number of ether oxygens (including phenoxy) is 1. The molecule has 2 fully saturated rings. The van der Waals surface area contributed by atoms with Gasteiger partial charge in [-0.2, -0.15) is 0 Å². The van der Waals surface area contributed by atoms with Crippen LogP contribution in [0.25, 0.3) is 0 Å². The van der Waals surface area contributed by atoms with Gasteiger partial charge in [-0.25, -0.2) is 0 Å². The Hall–Kier alpha value is -0.0800. The fourth-order valence-electron chi connectivity index (χ4n) is 3.58. The third-order valence-electron chi connectivity index (χ3n) is 4.53. The van der Waals surface area contributed by atoms with Crippen molar-refractivity contribution in [3.05, 3.63) is 0 Å². The molecule has 2 heterocycles. The van der Waals surface area contributed by atoms with Crippen molar-refractivity contribution >= 4 is 0 Å². The minimum Gasteiger partial charge on any atom is -0.372 e.